The molecule has 4 nitrogen and oxygen atoms in total. The minimum absolute atomic E-state index is 0.500. The van der Waals surface area contributed by atoms with Crippen molar-refractivity contribution in [3.8, 4) is 0 Å². The molecule has 0 aromatic rings. The standard InChI is InChI=1S/C7H14N4/c8-6-11-4-2-1-3-10-5-7(11)9/h6,8-10H,1-5H2. The molecule has 0 amide bonds. The Balaban J connectivity index is 2.45. The summed E-state index contributed by atoms with van der Waals surface area (Å²) in [4.78, 5) is 1.67. The fraction of sp³-hybridized carbons (Fsp3) is 0.714. The molecule has 1 rings (SSSR count). The van der Waals surface area contributed by atoms with E-state index < -0.39 is 0 Å². The van der Waals surface area contributed by atoms with Crippen molar-refractivity contribution in [3.63, 3.8) is 0 Å². The minimum Gasteiger partial charge on any atom is -0.321 e. The number of amidine groups is 1. The lowest BCUT2D eigenvalue weighted by atomic mass is 10.2. The first-order chi connectivity index (χ1) is 5.34. The van der Waals surface area contributed by atoms with Crippen LogP contribution in [0.15, 0.2) is 0 Å². The van der Waals surface area contributed by atoms with Gasteiger partial charge in [0.2, 0.25) is 0 Å². The van der Waals surface area contributed by atoms with E-state index in [4.69, 9.17) is 10.8 Å². The summed E-state index contributed by atoms with van der Waals surface area (Å²) in [6, 6.07) is 0. The van der Waals surface area contributed by atoms with E-state index in [1.165, 1.54) is 6.34 Å². The van der Waals surface area contributed by atoms with Crippen molar-refractivity contribution in [1.29, 1.82) is 10.8 Å². The molecule has 62 valence electrons. The molecule has 3 N–H and O–H groups in total. The fourth-order valence-corrected chi connectivity index (χ4v) is 1.12. The van der Waals surface area contributed by atoms with Gasteiger partial charge in [-0.15, -0.1) is 0 Å². The van der Waals surface area contributed by atoms with Crippen LogP contribution in [0.4, 0.5) is 0 Å². The summed E-state index contributed by atoms with van der Waals surface area (Å²) in [6.07, 6.45) is 3.43. The monoisotopic (exact) mass is 154 g/mol. The van der Waals surface area contributed by atoms with Crippen LogP contribution in [0.25, 0.3) is 0 Å². The van der Waals surface area contributed by atoms with Crippen LogP contribution in [0.5, 0.6) is 0 Å². The second-order valence-corrected chi connectivity index (χ2v) is 2.65. The lowest BCUT2D eigenvalue weighted by molar-refractivity contribution is 0.512. The molecule has 11 heavy (non-hydrogen) atoms. The van der Waals surface area contributed by atoms with E-state index in [-0.39, 0.29) is 0 Å². The van der Waals surface area contributed by atoms with Crippen molar-refractivity contribution < 1.29 is 0 Å². The highest BCUT2D eigenvalue weighted by Gasteiger charge is 2.08. The largest absolute Gasteiger partial charge is 0.321 e. The van der Waals surface area contributed by atoms with E-state index in [0.29, 0.717) is 12.4 Å². The summed E-state index contributed by atoms with van der Waals surface area (Å²) in [5.74, 6) is 0.500. The SMILES string of the molecule is N=CN1CCCCNCC1=N. The summed E-state index contributed by atoms with van der Waals surface area (Å²) in [5, 5.41) is 17.7. The third-order valence-electron chi connectivity index (χ3n) is 1.80. The Kier molecular flexibility index (Phi) is 3.04. The summed E-state index contributed by atoms with van der Waals surface area (Å²) in [7, 11) is 0. The topological polar surface area (TPSA) is 63.0 Å². The quantitative estimate of drug-likeness (QED) is 0.374. The maximum atomic E-state index is 7.50. The van der Waals surface area contributed by atoms with Crippen LogP contribution in [0.1, 0.15) is 12.8 Å². The van der Waals surface area contributed by atoms with E-state index in [1.54, 1.807) is 4.90 Å². The average molecular weight is 154 g/mol. The van der Waals surface area contributed by atoms with Gasteiger partial charge in [0.25, 0.3) is 0 Å². The van der Waals surface area contributed by atoms with E-state index >= 15 is 0 Å². The summed E-state index contributed by atoms with van der Waals surface area (Å²) < 4.78 is 0. The number of rotatable bonds is 1. The lowest BCUT2D eigenvalue weighted by Gasteiger charge is -2.22. The van der Waals surface area contributed by atoms with Gasteiger partial charge in [0, 0.05) is 6.54 Å². The van der Waals surface area contributed by atoms with Gasteiger partial charge in [0.05, 0.1) is 12.9 Å². The zero-order chi connectivity index (χ0) is 8.10. The van der Waals surface area contributed by atoms with Gasteiger partial charge in [-0.1, -0.05) is 0 Å². The predicted octanol–water partition coefficient (Wildman–Crippen LogP) is 0.256. The van der Waals surface area contributed by atoms with E-state index in [9.17, 15) is 0 Å². The van der Waals surface area contributed by atoms with E-state index in [1.807, 2.05) is 0 Å². The molecule has 0 bridgehead atoms. The van der Waals surface area contributed by atoms with Crippen molar-refractivity contribution in [3.05, 3.63) is 0 Å². The van der Waals surface area contributed by atoms with Gasteiger partial charge in [0.1, 0.15) is 5.84 Å². The zero-order valence-corrected chi connectivity index (χ0v) is 6.56. The average Bonchev–Trinajstić information content (AvgIpc) is 1.98. The third kappa shape index (κ3) is 2.31. The zero-order valence-electron chi connectivity index (χ0n) is 6.56. The van der Waals surface area contributed by atoms with Crippen molar-refractivity contribution in [2.24, 2.45) is 0 Å². The maximum absolute atomic E-state index is 7.50. The predicted molar refractivity (Wildman–Crippen MR) is 45.3 cm³/mol. The molecule has 0 aromatic heterocycles. The van der Waals surface area contributed by atoms with E-state index in [2.05, 4.69) is 5.32 Å². The lowest BCUT2D eigenvalue weighted by Crippen LogP contribution is -2.39. The highest BCUT2D eigenvalue weighted by molar-refractivity contribution is 5.90. The Bertz CT molecular complexity index is 155. The number of nitrogens with zero attached hydrogens (tertiary/aromatic N) is 1. The summed E-state index contributed by atoms with van der Waals surface area (Å²) in [6.45, 7) is 2.41. The molecule has 0 radical (unpaired) electrons. The molecule has 4 heteroatoms. The molecule has 1 saturated heterocycles. The van der Waals surface area contributed by atoms with Crippen LogP contribution in [-0.2, 0) is 0 Å². The van der Waals surface area contributed by atoms with Crippen LogP contribution in [0.2, 0.25) is 0 Å². The molecule has 1 aliphatic rings. The van der Waals surface area contributed by atoms with Gasteiger partial charge in [-0.3, -0.25) is 10.8 Å². The molecule has 1 fully saturated rings. The first kappa shape index (κ1) is 8.20. The first-order valence-corrected chi connectivity index (χ1v) is 3.90. The van der Waals surface area contributed by atoms with Crippen molar-refractivity contribution in [2.45, 2.75) is 12.8 Å². The molecule has 0 aromatic carbocycles. The van der Waals surface area contributed by atoms with Crippen molar-refractivity contribution >= 4 is 12.2 Å². The first-order valence-electron chi connectivity index (χ1n) is 3.90. The fourth-order valence-electron chi connectivity index (χ4n) is 1.12. The second-order valence-electron chi connectivity index (χ2n) is 2.65. The van der Waals surface area contributed by atoms with Gasteiger partial charge in [-0.05, 0) is 19.4 Å². The molecular formula is C7H14N4. The van der Waals surface area contributed by atoms with Crippen LogP contribution in [0, 0.1) is 10.8 Å². The Morgan fingerprint density at radius 1 is 1.45 bits per heavy atom. The van der Waals surface area contributed by atoms with Gasteiger partial charge >= 0.3 is 0 Å². The molecule has 0 saturated carbocycles. The molecular weight excluding hydrogens is 140 g/mol. The summed E-state index contributed by atoms with van der Waals surface area (Å²) >= 11 is 0. The van der Waals surface area contributed by atoms with Crippen LogP contribution in [-0.4, -0.2) is 36.7 Å². The Morgan fingerprint density at radius 3 is 3.00 bits per heavy atom. The van der Waals surface area contributed by atoms with Gasteiger partial charge in [0.15, 0.2) is 0 Å². The minimum atomic E-state index is 0.500. The Hall–Kier alpha value is -0.900. The number of hydrogen-bond donors (Lipinski definition) is 3. The van der Waals surface area contributed by atoms with Crippen LogP contribution in [0.3, 0.4) is 0 Å². The third-order valence-corrected chi connectivity index (χ3v) is 1.80. The smallest absolute Gasteiger partial charge is 0.115 e. The van der Waals surface area contributed by atoms with Gasteiger partial charge in [-0.2, -0.15) is 0 Å². The second kappa shape index (κ2) is 4.08. The molecule has 1 aliphatic heterocycles. The molecule has 0 unspecified atom stereocenters. The maximum Gasteiger partial charge on any atom is 0.115 e. The molecule has 1 heterocycles. The van der Waals surface area contributed by atoms with Crippen LogP contribution >= 0.6 is 0 Å². The van der Waals surface area contributed by atoms with Gasteiger partial charge < -0.3 is 10.2 Å². The number of hydrogen-bond acceptors (Lipinski definition) is 3. The normalized spacial score (nSPS) is 20.7. The van der Waals surface area contributed by atoms with Crippen molar-refractivity contribution in [2.75, 3.05) is 19.6 Å². The molecule has 0 aliphatic carbocycles. The van der Waals surface area contributed by atoms with E-state index in [0.717, 1.165) is 25.9 Å². The number of nitrogens with one attached hydrogen (secondary N) is 3. The Morgan fingerprint density at radius 2 is 2.27 bits per heavy atom. The Labute approximate surface area is 66.6 Å². The molecule has 0 spiro atoms. The van der Waals surface area contributed by atoms with Crippen molar-refractivity contribution in [1.82, 2.24) is 10.2 Å². The highest BCUT2D eigenvalue weighted by Crippen LogP contribution is 1.96. The highest BCUT2D eigenvalue weighted by atomic mass is 15.2. The summed E-state index contributed by atoms with van der Waals surface area (Å²) in [5.41, 5.74) is 0. The van der Waals surface area contributed by atoms with Crippen LogP contribution < -0.4 is 5.32 Å². The molecule has 0 atom stereocenters. The van der Waals surface area contributed by atoms with Gasteiger partial charge in [-0.25, -0.2) is 0 Å².